The Hall–Kier alpha value is -0.180. The molecule has 0 radical (unpaired) electrons. The van der Waals surface area contributed by atoms with Gasteiger partial charge >= 0.3 is 0 Å². The van der Waals surface area contributed by atoms with Gasteiger partial charge in [0.05, 0.1) is 5.75 Å². The predicted octanol–water partition coefficient (Wildman–Crippen LogP) is 2.39. The van der Waals surface area contributed by atoms with Crippen molar-refractivity contribution >= 4 is 18.5 Å². The third-order valence-corrected chi connectivity index (χ3v) is 3.34. The van der Waals surface area contributed by atoms with Crippen molar-refractivity contribution in [3.63, 3.8) is 0 Å². The maximum atomic E-state index is 11.1. The van der Waals surface area contributed by atoms with Gasteiger partial charge < -0.3 is 5.32 Å². The molecule has 1 amide bonds. The average Bonchev–Trinajstić information content (AvgIpc) is 2.21. The number of carbonyl (C=O) groups excluding carboxylic acids is 1. The Morgan fingerprint density at radius 3 is 2.50 bits per heavy atom. The number of rotatable bonds is 4. The van der Waals surface area contributed by atoms with Gasteiger partial charge in [-0.25, -0.2) is 0 Å². The van der Waals surface area contributed by atoms with Crippen LogP contribution in [0, 0.1) is 5.92 Å². The van der Waals surface area contributed by atoms with Crippen LogP contribution in [0.2, 0.25) is 0 Å². The molecule has 1 saturated carbocycles. The molecule has 0 aliphatic heterocycles. The van der Waals surface area contributed by atoms with E-state index in [1.165, 1.54) is 25.7 Å². The molecule has 82 valence electrons. The van der Waals surface area contributed by atoms with Crippen molar-refractivity contribution in [3.8, 4) is 0 Å². The first-order valence-corrected chi connectivity index (χ1v) is 6.29. The summed E-state index contributed by atoms with van der Waals surface area (Å²) in [5.41, 5.74) is 0. The minimum atomic E-state index is 0.0762. The van der Waals surface area contributed by atoms with Crippen molar-refractivity contribution in [2.24, 2.45) is 5.92 Å². The lowest BCUT2D eigenvalue weighted by atomic mass is 9.83. The molecule has 0 aromatic rings. The van der Waals surface area contributed by atoms with E-state index in [0.29, 0.717) is 11.8 Å². The molecule has 0 unspecified atom stereocenters. The first kappa shape index (κ1) is 11.9. The van der Waals surface area contributed by atoms with Gasteiger partial charge in [0.2, 0.25) is 5.91 Å². The highest BCUT2D eigenvalue weighted by molar-refractivity contribution is 7.81. The van der Waals surface area contributed by atoms with E-state index in [9.17, 15) is 4.79 Å². The van der Waals surface area contributed by atoms with Crippen LogP contribution >= 0.6 is 12.6 Å². The van der Waals surface area contributed by atoms with E-state index in [2.05, 4.69) is 24.9 Å². The monoisotopic (exact) mass is 215 g/mol. The largest absolute Gasteiger partial charge is 0.353 e. The van der Waals surface area contributed by atoms with E-state index in [0.717, 1.165) is 18.8 Å². The third-order valence-electron chi connectivity index (χ3n) is 3.05. The molecule has 1 aliphatic carbocycles. The van der Waals surface area contributed by atoms with Gasteiger partial charge in [-0.1, -0.05) is 19.8 Å². The molecule has 0 atom stereocenters. The highest BCUT2D eigenvalue weighted by Gasteiger charge is 2.21. The molecule has 2 nitrogen and oxygen atoms in total. The van der Waals surface area contributed by atoms with E-state index in [4.69, 9.17) is 0 Å². The van der Waals surface area contributed by atoms with Gasteiger partial charge in [-0.15, -0.1) is 0 Å². The molecule has 0 spiro atoms. The molecule has 1 N–H and O–H groups in total. The second-order valence-electron chi connectivity index (χ2n) is 4.23. The summed E-state index contributed by atoms with van der Waals surface area (Å²) in [5, 5.41) is 3.02. The number of thiol groups is 1. The molecule has 0 aromatic heterocycles. The zero-order chi connectivity index (χ0) is 10.4. The normalized spacial score (nSPS) is 27.3. The fourth-order valence-corrected chi connectivity index (χ4v) is 2.37. The maximum Gasteiger partial charge on any atom is 0.229 e. The Balaban J connectivity index is 2.18. The Morgan fingerprint density at radius 2 is 2.00 bits per heavy atom. The standard InChI is InChI=1S/C11H21NOS/c1-2-3-9-4-6-10(7-5-9)12-11(13)8-14/h9-10,14H,2-8H2,1H3,(H,12,13). The van der Waals surface area contributed by atoms with Crippen LogP contribution in [-0.2, 0) is 4.79 Å². The Morgan fingerprint density at radius 1 is 1.36 bits per heavy atom. The van der Waals surface area contributed by atoms with Crippen LogP contribution in [0.3, 0.4) is 0 Å². The summed E-state index contributed by atoms with van der Waals surface area (Å²) in [6.45, 7) is 2.24. The fourth-order valence-electron chi connectivity index (χ4n) is 2.28. The highest BCUT2D eigenvalue weighted by Crippen LogP contribution is 2.27. The van der Waals surface area contributed by atoms with Crippen molar-refractivity contribution in [1.82, 2.24) is 5.32 Å². The summed E-state index contributed by atoms with van der Waals surface area (Å²) in [4.78, 5) is 11.1. The molecule has 1 rings (SSSR count). The lowest BCUT2D eigenvalue weighted by Gasteiger charge is -2.28. The van der Waals surface area contributed by atoms with Crippen LogP contribution in [0.25, 0.3) is 0 Å². The van der Waals surface area contributed by atoms with Crippen molar-refractivity contribution < 1.29 is 4.79 Å². The lowest BCUT2D eigenvalue weighted by molar-refractivity contribution is -0.119. The van der Waals surface area contributed by atoms with Crippen molar-refractivity contribution in [2.45, 2.75) is 51.5 Å². The number of nitrogens with one attached hydrogen (secondary N) is 1. The van der Waals surface area contributed by atoms with Gasteiger partial charge in [0.1, 0.15) is 0 Å². The molecule has 0 saturated heterocycles. The Labute approximate surface area is 92.2 Å². The van der Waals surface area contributed by atoms with Gasteiger partial charge in [-0.3, -0.25) is 4.79 Å². The third kappa shape index (κ3) is 3.91. The minimum Gasteiger partial charge on any atom is -0.353 e. The van der Waals surface area contributed by atoms with Gasteiger partial charge in [0.25, 0.3) is 0 Å². The molecule has 14 heavy (non-hydrogen) atoms. The summed E-state index contributed by atoms with van der Waals surface area (Å²) >= 11 is 3.95. The van der Waals surface area contributed by atoms with Crippen molar-refractivity contribution in [2.75, 3.05) is 5.75 Å². The predicted molar refractivity (Wildman–Crippen MR) is 62.6 cm³/mol. The van der Waals surface area contributed by atoms with Crippen LogP contribution in [0.4, 0.5) is 0 Å². The maximum absolute atomic E-state index is 11.1. The van der Waals surface area contributed by atoms with E-state index in [1.807, 2.05) is 0 Å². The van der Waals surface area contributed by atoms with E-state index in [-0.39, 0.29) is 5.91 Å². The second-order valence-corrected chi connectivity index (χ2v) is 4.55. The van der Waals surface area contributed by atoms with E-state index >= 15 is 0 Å². The van der Waals surface area contributed by atoms with Crippen molar-refractivity contribution in [1.29, 1.82) is 0 Å². The first-order valence-electron chi connectivity index (χ1n) is 5.66. The Kier molecular flexibility index (Phi) is 5.38. The average molecular weight is 215 g/mol. The van der Waals surface area contributed by atoms with Gasteiger partial charge in [-0.05, 0) is 31.6 Å². The molecular weight excluding hydrogens is 194 g/mol. The van der Waals surface area contributed by atoms with Crippen LogP contribution < -0.4 is 5.32 Å². The quantitative estimate of drug-likeness (QED) is 0.693. The molecule has 1 aliphatic rings. The van der Waals surface area contributed by atoms with Gasteiger partial charge in [0, 0.05) is 6.04 Å². The summed E-state index contributed by atoms with van der Waals surface area (Å²) in [7, 11) is 0. The lowest BCUT2D eigenvalue weighted by Crippen LogP contribution is -2.38. The van der Waals surface area contributed by atoms with Crippen LogP contribution in [0.1, 0.15) is 45.4 Å². The summed E-state index contributed by atoms with van der Waals surface area (Å²) in [5.74, 6) is 1.30. The first-order chi connectivity index (χ1) is 6.76. The number of hydrogen-bond donors (Lipinski definition) is 2. The summed E-state index contributed by atoms with van der Waals surface area (Å²) in [6.07, 6.45) is 7.52. The molecule has 0 aromatic carbocycles. The molecule has 3 heteroatoms. The summed E-state index contributed by atoms with van der Waals surface area (Å²) in [6, 6.07) is 0.419. The van der Waals surface area contributed by atoms with Crippen LogP contribution in [-0.4, -0.2) is 17.7 Å². The van der Waals surface area contributed by atoms with Gasteiger partial charge in [0.15, 0.2) is 0 Å². The van der Waals surface area contributed by atoms with Crippen LogP contribution in [0.15, 0.2) is 0 Å². The van der Waals surface area contributed by atoms with E-state index < -0.39 is 0 Å². The topological polar surface area (TPSA) is 29.1 Å². The molecular formula is C11H21NOS. The highest BCUT2D eigenvalue weighted by atomic mass is 32.1. The fraction of sp³-hybridized carbons (Fsp3) is 0.909. The smallest absolute Gasteiger partial charge is 0.229 e. The zero-order valence-electron chi connectivity index (χ0n) is 8.96. The minimum absolute atomic E-state index is 0.0762. The molecule has 0 heterocycles. The Bertz CT molecular complexity index is 176. The van der Waals surface area contributed by atoms with E-state index in [1.54, 1.807) is 0 Å². The van der Waals surface area contributed by atoms with Crippen LogP contribution in [0.5, 0.6) is 0 Å². The molecule has 1 fully saturated rings. The van der Waals surface area contributed by atoms with Gasteiger partial charge in [-0.2, -0.15) is 12.6 Å². The zero-order valence-corrected chi connectivity index (χ0v) is 9.85. The second kappa shape index (κ2) is 6.33. The molecule has 0 bridgehead atoms. The van der Waals surface area contributed by atoms with Crippen molar-refractivity contribution in [3.05, 3.63) is 0 Å². The summed E-state index contributed by atoms with van der Waals surface area (Å²) < 4.78 is 0. The SMILES string of the molecule is CCCC1CCC(NC(=O)CS)CC1. The number of amides is 1. The number of carbonyl (C=O) groups is 1. The number of hydrogen-bond acceptors (Lipinski definition) is 2.